The molecule has 6 nitrogen and oxygen atoms in total. The van der Waals surface area contributed by atoms with Gasteiger partial charge in [0.1, 0.15) is 5.82 Å². The lowest BCUT2D eigenvalue weighted by Gasteiger charge is -2.35. The zero-order valence-electron chi connectivity index (χ0n) is 14.9. The van der Waals surface area contributed by atoms with E-state index in [9.17, 15) is 0 Å². The van der Waals surface area contributed by atoms with Crippen LogP contribution in [0.3, 0.4) is 0 Å². The molecule has 2 saturated heterocycles. The zero-order chi connectivity index (χ0) is 16.4. The van der Waals surface area contributed by atoms with Gasteiger partial charge in [-0.1, -0.05) is 0 Å². The molecule has 4 heterocycles. The highest BCUT2D eigenvalue weighted by Crippen LogP contribution is 2.21. The molecule has 0 aromatic carbocycles. The number of aromatic nitrogens is 2. The maximum atomic E-state index is 5.58. The third kappa shape index (κ3) is 3.99. The van der Waals surface area contributed by atoms with Gasteiger partial charge in [0, 0.05) is 77.3 Å². The van der Waals surface area contributed by atoms with Crippen molar-refractivity contribution in [3.63, 3.8) is 0 Å². The number of nitrogens with zero attached hydrogens (tertiary/aromatic N) is 5. The van der Waals surface area contributed by atoms with E-state index in [0.29, 0.717) is 11.8 Å². The Morgan fingerprint density at radius 1 is 1.08 bits per heavy atom. The van der Waals surface area contributed by atoms with Crippen LogP contribution in [0.5, 0.6) is 0 Å². The van der Waals surface area contributed by atoms with Crippen molar-refractivity contribution in [2.24, 2.45) is 11.8 Å². The number of hydrogen-bond acceptors (Lipinski definition) is 5. The summed E-state index contributed by atoms with van der Waals surface area (Å²) in [6.45, 7) is 12.4. The molecule has 0 bridgehead atoms. The first-order valence-electron chi connectivity index (χ1n) is 9.47. The van der Waals surface area contributed by atoms with Crippen molar-refractivity contribution in [1.82, 2.24) is 24.3 Å². The Morgan fingerprint density at radius 2 is 1.92 bits per heavy atom. The second kappa shape index (κ2) is 7.52. The van der Waals surface area contributed by atoms with Gasteiger partial charge in [0.25, 0.3) is 0 Å². The minimum atomic E-state index is 0.686. The summed E-state index contributed by atoms with van der Waals surface area (Å²) in [5, 5.41) is 0. The highest BCUT2D eigenvalue weighted by molar-refractivity contribution is 4.96. The fraction of sp³-hybridized carbons (Fsp3) is 0.833. The summed E-state index contributed by atoms with van der Waals surface area (Å²) in [6, 6.07) is 0. The number of piperazine rings is 1. The normalized spacial score (nSPS) is 30.4. The van der Waals surface area contributed by atoms with Crippen LogP contribution in [0.25, 0.3) is 0 Å². The van der Waals surface area contributed by atoms with E-state index in [4.69, 9.17) is 4.74 Å². The van der Waals surface area contributed by atoms with E-state index in [-0.39, 0.29) is 0 Å². The van der Waals surface area contributed by atoms with Gasteiger partial charge in [-0.15, -0.1) is 0 Å². The quantitative estimate of drug-likeness (QED) is 0.806. The molecule has 1 aromatic heterocycles. The van der Waals surface area contributed by atoms with Crippen LogP contribution < -0.4 is 0 Å². The van der Waals surface area contributed by atoms with E-state index in [1.54, 1.807) is 0 Å². The van der Waals surface area contributed by atoms with E-state index >= 15 is 0 Å². The van der Waals surface area contributed by atoms with Crippen molar-refractivity contribution in [3.8, 4) is 0 Å². The van der Waals surface area contributed by atoms with Crippen molar-refractivity contribution in [3.05, 3.63) is 18.2 Å². The minimum Gasteiger partial charge on any atom is -0.381 e. The van der Waals surface area contributed by atoms with Crippen LogP contribution in [0.4, 0.5) is 0 Å². The van der Waals surface area contributed by atoms with Crippen molar-refractivity contribution in [2.45, 2.75) is 19.5 Å². The third-order valence-corrected chi connectivity index (χ3v) is 5.79. The third-order valence-electron chi connectivity index (χ3n) is 5.79. The summed E-state index contributed by atoms with van der Waals surface area (Å²) >= 11 is 0. The Balaban J connectivity index is 1.40. The van der Waals surface area contributed by atoms with Gasteiger partial charge in [-0.05, 0) is 19.4 Å². The van der Waals surface area contributed by atoms with Gasteiger partial charge in [0.2, 0.25) is 0 Å². The summed E-state index contributed by atoms with van der Waals surface area (Å²) in [5.74, 6) is 2.62. The average Bonchev–Trinajstić information content (AvgIpc) is 3.19. The van der Waals surface area contributed by atoms with E-state index in [1.807, 2.05) is 6.20 Å². The van der Waals surface area contributed by atoms with E-state index < -0.39 is 0 Å². The number of ether oxygens (including phenoxy) is 1. The molecule has 0 spiro atoms. The molecule has 3 aliphatic rings. The number of hydrogen-bond donors (Lipinski definition) is 0. The van der Waals surface area contributed by atoms with Crippen LogP contribution in [0, 0.1) is 11.8 Å². The van der Waals surface area contributed by atoms with E-state index in [1.165, 1.54) is 51.5 Å². The first-order valence-corrected chi connectivity index (χ1v) is 9.47. The monoisotopic (exact) mass is 333 g/mol. The Labute approximate surface area is 145 Å². The largest absolute Gasteiger partial charge is 0.381 e. The van der Waals surface area contributed by atoms with Gasteiger partial charge in [-0.2, -0.15) is 0 Å². The number of rotatable bonds is 4. The summed E-state index contributed by atoms with van der Waals surface area (Å²) in [6.07, 6.45) is 5.34. The lowest BCUT2D eigenvalue weighted by Crippen LogP contribution is -2.47. The standard InChI is InChI=1S/C18H31N5O/c1-20-5-7-21(8-6-20)11-17-12-22(10-16-2-9-24-15-16)14-18-19-3-4-23(18)13-17/h3-4,16-17H,2,5-15H2,1H3/t16-,17+/m0/s1. The summed E-state index contributed by atoms with van der Waals surface area (Å²) < 4.78 is 7.96. The Morgan fingerprint density at radius 3 is 2.71 bits per heavy atom. The molecule has 0 N–H and O–H groups in total. The fourth-order valence-electron chi connectivity index (χ4n) is 4.37. The maximum Gasteiger partial charge on any atom is 0.122 e. The first-order chi connectivity index (χ1) is 11.8. The van der Waals surface area contributed by atoms with Gasteiger partial charge in [0.15, 0.2) is 0 Å². The highest BCUT2D eigenvalue weighted by Gasteiger charge is 2.27. The molecule has 134 valence electrons. The molecule has 6 heteroatoms. The summed E-state index contributed by atoms with van der Waals surface area (Å²) in [5.41, 5.74) is 0. The van der Waals surface area contributed by atoms with Crippen molar-refractivity contribution < 1.29 is 4.74 Å². The molecule has 0 unspecified atom stereocenters. The molecule has 3 aliphatic heterocycles. The average molecular weight is 333 g/mol. The Bertz CT molecular complexity index is 519. The summed E-state index contributed by atoms with van der Waals surface area (Å²) in [4.78, 5) is 12.3. The molecule has 0 amide bonds. The van der Waals surface area contributed by atoms with E-state index in [2.05, 4.69) is 37.5 Å². The topological polar surface area (TPSA) is 36.8 Å². The lowest BCUT2D eigenvalue weighted by molar-refractivity contribution is 0.111. The second-order valence-corrected chi connectivity index (χ2v) is 7.89. The van der Waals surface area contributed by atoms with Gasteiger partial charge < -0.3 is 19.1 Å². The lowest BCUT2D eigenvalue weighted by atomic mass is 10.1. The second-order valence-electron chi connectivity index (χ2n) is 7.89. The number of fused-ring (bicyclic) bond motifs is 1. The molecular weight excluding hydrogens is 302 g/mol. The van der Waals surface area contributed by atoms with Crippen molar-refractivity contribution >= 4 is 0 Å². The molecule has 4 rings (SSSR count). The fourth-order valence-corrected chi connectivity index (χ4v) is 4.37. The SMILES string of the molecule is CN1CCN(C[C@@H]2CN(C[C@@H]3CCOC3)Cc3nccn3C2)CC1. The van der Waals surface area contributed by atoms with Crippen LogP contribution in [0.1, 0.15) is 12.2 Å². The highest BCUT2D eigenvalue weighted by atomic mass is 16.5. The summed E-state index contributed by atoms with van der Waals surface area (Å²) in [7, 11) is 2.23. The van der Waals surface area contributed by atoms with Gasteiger partial charge in [0.05, 0.1) is 13.2 Å². The van der Waals surface area contributed by atoms with Crippen LogP contribution in [0.2, 0.25) is 0 Å². The molecule has 0 saturated carbocycles. The van der Waals surface area contributed by atoms with E-state index in [0.717, 1.165) is 32.8 Å². The molecule has 2 fully saturated rings. The molecule has 0 radical (unpaired) electrons. The maximum absolute atomic E-state index is 5.58. The van der Waals surface area contributed by atoms with Crippen LogP contribution in [-0.2, 0) is 17.8 Å². The predicted molar refractivity (Wildman–Crippen MR) is 93.9 cm³/mol. The van der Waals surface area contributed by atoms with Gasteiger partial charge >= 0.3 is 0 Å². The molecular formula is C18H31N5O. The van der Waals surface area contributed by atoms with Crippen molar-refractivity contribution in [1.29, 1.82) is 0 Å². The van der Waals surface area contributed by atoms with Gasteiger partial charge in [-0.25, -0.2) is 4.98 Å². The predicted octanol–water partition coefficient (Wildman–Crippen LogP) is 0.599. The molecule has 1 aromatic rings. The molecule has 24 heavy (non-hydrogen) atoms. The van der Waals surface area contributed by atoms with Gasteiger partial charge in [-0.3, -0.25) is 4.90 Å². The van der Waals surface area contributed by atoms with Crippen molar-refractivity contribution in [2.75, 3.05) is 66.1 Å². The Kier molecular flexibility index (Phi) is 5.17. The Hall–Kier alpha value is -0.950. The molecule has 2 atom stereocenters. The van der Waals surface area contributed by atoms with Crippen LogP contribution in [-0.4, -0.2) is 90.3 Å². The van der Waals surface area contributed by atoms with Crippen LogP contribution in [0.15, 0.2) is 12.4 Å². The zero-order valence-corrected chi connectivity index (χ0v) is 14.9. The minimum absolute atomic E-state index is 0.686. The first kappa shape index (κ1) is 16.5. The van der Waals surface area contributed by atoms with Crippen LogP contribution >= 0.6 is 0 Å². The smallest absolute Gasteiger partial charge is 0.122 e. The number of likely N-dealkylation sites (N-methyl/N-ethyl adjacent to an activating group) is 1. The number of imidazole rings is 1. The molecule has 0 aliphatic carbocycles.